The molecule has 0 aromatic heterocycles. The number of hydrogen-bond donors (Lipinski definition) is 0. The lowest BCUT2D eigenvalue weighted by Crippen LogP contribution is -2.43. The maximum absolute atomic E-state index is 6.04. The van der Waals surface area contributed by atoms with Crippen molar-refractivity contribution < 1.29 is 4.74 Å². The third kappa shape index (κ3) is 2.55. The van der Waals surface area contributed by atoms with E-state index in [1.807, 2.05) is 7.11 Å². The second-order valence-electron chi connectivity index (χ2n) is 9.91. The van der Waals surface area contributed by atoms with Crippen molar-refractivity contribution in [3.8, 4) is 5.75 Å². The third-order valence-corrected chi connectivity index (χ3v) is 9.36. The molecule has 2 heteroatoms. The quantitative estimate of drug-likeness (QED) is 0.380. The van der Waals surface area contributed by atoms with Crippen molar-refractivity contribution in [3.63, 3.8) is 0 Å². The van der Waals surface area contributed by atoms with Crippen LogP contribution in [0, 0.1) is 25.7 Å². The van der Waals surface area contributed by atoms with Crippen LogP contribution in [-0.2, 0) is 18.3 Å². The van der Waals surface area contributed by atoms with Gasteiger partial charge in [0.05, 0.1) is 7.11 Å². The Morgan fingerprint density at radius 1 is 0.806 bits per heavy atom. The molecule has 6 rings (SSSR count). The topological polar surface area (TPSA) is 9.23 Å². The molecule has 1 fully saturated rings. The molecule has 2 unspecified atom stereocenters. The summed E-state index contributed by atoms with van der Waals surface area (Å²) < 4.78 is 7.29. The molecule has 3 aromatic rings. The van der Waals surface area contributed by atoms with Gasteiger partial charge in [-0.05, 0) is 103 Å². The Hall–Kier alpha value is -2.06. The van der Waals surface area contributed by atoms with E-state index in [-0.39, 0.29) is 5.41 Å². The summed E-state index contributed by atoms with van der Waals surface area (Å²) >= 11 is 3.92. The fourth-order valence-electron chi connectivity index (χ4n) is 7.54. The second-order valence-corrected chi connectivity index (χ2v) is 10.8. The molecule has 1 nitrogen and oxygen atoms in total. The minimum Gasteiger partial charge on any atom is -0.496 e. The van der Waals surface area contributed by atoms with Gasteiger partial charge in [0, 0.05) is 15.5 Å². The van der Waals surface area contributed by atoms with E-state index in [1.165, 1.54) is 51.6 Å². The third-order valence-electron chi connectivity index (χ3n) is 8.62. The maximum atomic E-state index is 6.04. The molecule has 0 radical (unpaired) electrons. The molecule has 0 bridgehead atoms. The van der Waals surface area contributed by atoms with Gasteiger partial charge >= 0.3 is 0 Å². The molecule has 3 aliphatic carbocycles. The van der Waals surface area contributed by atoms with E-state index in [0.29, 0.717) is 17.8 Å². The van der Waals surface area contributed by atoms with E-state index in [4.69, 9.17) is 4.74 Å². The minimum atomic E-state index is 0.0845. The Balaban J connectivity index is 1.62. The fraction of sp³-hybridized carbons (Fsp3) is 0.379. The van der Waals surface area contributed by atoms with Crippen molar-refractivity contribution >= 4 is 15.9 Å². The summed E-state index contributed by atoms with van der Waals surface area (Å²) in [6.45, 7) is 4.64. The lowest BCUT2D eigenvalue weighted by Gasteiger charge is -2.47. The highest BCUT2D eigenvalue weighted by Crippen LogP contribution is 2.67. The Bertz CT molecular complexity index is 1170. The van der Waals surface area contributed by atoms with Gasteiger partial charge in [0.1, 0.15) is 5.75 Å². The molecule has 0 aliphatic heterocycles. The lowest BCUT2D eigenvalue weighted by atomic mass is 9.55. The fourth-order valence-corrected chi connectivity index (χ4v) is 8.03. The molecule has 3 aliphatic rings. The Labute approximate surface area is 194 Å². The van der Waals surface area contributed by atoms with Crippen LogP contribution in [0.15, 0.2) is 59.1 Å². The van der Waals surface area contributed by atoms with Crippen LogP contribution in [0.25, 0.3) is 0 Å². The average Bonchev–Trinajstić information content (AvgIpc) is 3.33. The molecule has 31 heavy (non-hydrogen) atoms. The van der Waals surface area contributed by atoms with E-state index in [9.17, 15) is 0 Å². The normalized spacial score (nSPS) is 27.9. The van der Waals surface area contributed by atoms with Crippen molar-refractivity contribution in [2.45, 2.75) is 50.9 Å². The zero-order chi connectivity index (χ0) is 21.3. The zero-order valence-corrected chi connectivity index (χ0v) is 20.1. The van der Waals surface area contributed by atoms with Gasteiger partial charge in [-0.3, -0.25) is 0 Å². The Kier molecular flexibility index (Phi) is 4.41. The SMILES string of the molecule is COc1ccc(Br)c2c1C13c4c(C)ccc(C)c4C[C@@H]1CC(c1ccccc1)C[C@H]3C2. The van der Waals surface area contributed by atoms with E-state index in [1.54, 1.807) is 11.1 Å². The van der Waals surface area contributed by atoms with E-state index >= 15 is 0 Å². The average molecular weight is 473 g/mol. The first-order valence-electron chi connectivity index (χ1n) is 11.6. The summed E-state index contributed by atoms with van der Waals surface area (Å²) in [5.74, 6) is 2.95. The Morgan fingerprint density at radius 3 is 2.19 bits per heavy atom. The predicted octanol–water partition coefficient (Wildman–Crippen LogP) is 7.28. The van der Waals surface area contributed by atoms with Crippen LogP contribution in [0.3, 0.4) is 0 Å². The van der Waals surface area contributed by atoms with Crippen LogP contribution >= 0.6 is 15.9 Å². The van der Waals surface area contributed by atoms with Gasteiger partial charge in [0.25, 0.3) is 0 Å². The number of fused-ring (bicyclic) bond motifs is 2. The smallest absolute Gasteiger partial charge is 0.123 e. The summed E-state index contributed by atoms with van der Waals surface area (Å²) in [6, 6.07) is 20.3. The first kappa shape index (κ1) is 19.6. The van der Waals surface area contributed by atoms with E-state index < -0.39 is 0 Å². The summed E-state index contributed by atoms with van der Waals surface area (Å²) in [4.78, 5) is 0. The van der Waals surface area contributed by atoms with Gasteiger partial charge in [0.2, 0.25) is 0 Å². The van der Waals surface area contributed by atoms with Gasteiger partial charge in [-0.25, -0.2) is 0 Å². The first-order valence-corrected chi connectivity index (χ1v) is 12.3. The lowest BCUT2D eigenvalue weighted by molar-refractivity contribution is 0.153. The highest BCUT2D eigenvalue weighted by Gasteiger charge is 2.61. The molecular weight excluding hydrogens is 444 g/mol. The molecule has 0 saturated heterocycles. The zero-order valence-electron chi connectivity index (χ0n) is 18.5. The number of halogens is 1. The van der Waals surface area contributed by atoms with E-state index in [2.05, 4.69) is 84.4 Å². The van der Waals surface area contributed by atoms with Gasteiger partial charge in [-0.15, -0.1) is 0 Å². The van der Waals surface area contributed by atoms with Crippen molar-refractivity contribution in [2.75, 3.05) is 7.11 Å². The second kappa shape index (κ2) is 6.97. The molecule has 0 amide bonds. The number of hydrogen-bond acceptors (Lipinski definition) is 1. The molecule has 0 N–H and O–H groups in total. The number of benzene rings is 3. The molecule has 4 atom stereocenters. The van der Waals surface area contributed by atoms with Gasteiger partial charge in [-0.1, -0.05) is 58.4 Å². The van der Waals surface area contributed by atoms with Gasteiger partial charge < -0.3 is 4.74 Å². The summed E-state index contributed by atoms with van der Waals surface area (Å²) in [6.07, 6.45) is 4.83. The van der Waals surface area contributed by atoms with Gasteiger partial charge in [0.15, 0.2) is 0 Å². The summed E-state index contributed by atoms with van der Waals surface area (Å²) in [5, 5.41) is 0. The van der Waals surface area contributed by atoms with Crippen molar-refractivity contribution in [1.82, 2.24) is 0 Å². The van der Waals surface area contributed by atoms with Gasteiger partial charge in [-0.2, -0.15) is 0 Å². The molecule has 1 spiro atoms. The highest BCUT2D eigenvalue weighted by molar-refractivity contribution is 9.10. The standard InChI is InChI=1S/C29H29BrO/c1-17-9-10-18(2)27-23(17)15-21-13-20(19-7-5-4-6-8-19)14-22-16-24-25(30)11-12-26(31-3)28(24)29(21,22)27/h4-12,20-22H,13-16H2,1-3H3/t20?,21-,22-,29?/m0/s1. The van der Waals surface area contributed by atoms with Crippen molar-refractivity contribution in [3.05, 3.63) is 98.0 Å². The summed E-state index contributed by atoms with van der Waals surface area (Å²) in [7, 11) is 1.84. The molecule has 3 aromatic carbocycles. The first-order chi connectivity index (χ1) is 15.1. The largest absolute Gasteiger partial charge is 0.496 e. The summed E-state index contributed by atoms with van der Waals surface area (Å²) in [5.41, 5.74) is 10.7. The number of rotatable bonds is 2. The van der Waals surface area contributed by atoms with Crippen molar-refractivity contribution in [2.24, 2.45) is 11.8 Å². The number of ether oxygens (including phenoxy) is 1. The highest BCUT2D eigenvalue weighted by atomic mass is 79.9. The van der Waals surface area contributed by atoms with Crippen LogP contribution in [0.4, 0.5) is 0 Å². The number of methoxy groups -OCH3 is 1. The number of aryl methyl sites for hydroxylation is 2. The maximum Gasteiger partial charge on any atom is 0.123 e. The van der Waals surface area contributed by atoms with E-state index in [0.717, 1.165) is 12.2 Å². The van der Waals surface area contributed by atoms with Crippen LogP contribution in [0.1, 0.15) is 57.7 Å². The minimum absolute atomic E-state index is 0.0845. The molecule has 0 heterocycles. The molecule has 1 saturated carbocycles. The monoisotopic (exact) mass is 472 g/mol. The molecular formula is C29H29BrO. The van der Waals surface area contributed by atoms with Crippen LogP contribution in [0.2, 0.25) is 0 Å². The van der Waals surface area contributed by atoms with Crippen LogP contribution < -0.4 is 4.74 Å². The van der Waals surface area contributed by atoms with Crippen molar-refractivity contribution in [1.29, 1.82) is 0 Å². The van der Waals surface area contributed by atoms with Crippen LogP contribution in [0.5, 0.6) is 5.75 Å². The molecule has 158 valence electrons. The van der Waals surface area contributed by atoms with Crippen LogP contribution in [-0.4, -0.2) is 7.11 Å². The predicted molar refractivity (Wildman–Crippen MR) is 130 cm³/mol. The Morgan fingerprint density at radius 2 is 1.48 bits per heavy atom.